The van der Waals surface area contributed by atoms with Crippen LogP contribution in [0.2, 0.25) is 5.02 Å². The standard InChI is InChI=1S/C26H46ClNO2/c1-5-6-7-8-9-10-11-12-13-14-15-16-17-18-19-30-22-20-21(29)25(28)24(27)23(22)26(2,3)4/h20,29H,5-19,28H2,1-4H3. The maximum atomic E-state index is 10.0. The number of ether oxygens (including phenoxy) is 1. The fourth-order valence-corrected chi connectivity index (χ4v) is 4.39. The van der Waals surface area contributed by atoms with E-state index in [2.05, 4.69) is 27.7 Å². The molecule has 0 heterocycles. The summed E-state index contributed by atoms with van der Waals surface area (Å²) in [6.45, 7) is 9.14. The first-order chi connectivity index (χ1) is 14.3. The van der Waals surface area contributed by atoms with Gasteiger partial charge in [0.1, 0.15) is 11.5 Å². The Hall–Kier alpha value is -1.09. The molecule has 30 heavy (non-hydrogen) atoms. The molecule has 0 bridgehead atoms. The quantitative estimate of drug-likeness (QED) is 0.154. The lowest BCUT2D eigenvalue weighted by molar-refractivity contribution is 0.295. The third kappa shape index (κ3) is 10.3. The number of benzene rings is 1. The van der Waals surface area contributed by atoms with E-state index >= 15 is 0 Å². The van der Waals surface area contributed by atoms with Crippen LogP contribution in [0.25, 0.3) is 0 Å². The molecule has 1 aromatic carbocycles. The molecule has 0 aromatic heterocycles. The maximum absolute atomic E-state index is 10.0. The Kier molecular flexibility index (Phi) is 13.3. The number of nitrogens with two attached hydrogens (primary N) is 1. The molecule has 0 aliphatic carbocycles. The third-order valence-electron chi connectivity index (χ3n) is 5.75. The van der Waals surface area contributed by atoms with E-state index in [-0.39, 0.29) is 16.9 Å². The lowest BCUT2D eigenvalue weighted by Gasteiger charge is -2.25. The molecule has 0 aliphatic rings. The van der Waals surface area contributed by atoms with E-state index in [1.807, 2.05) is 0 Å². The molecule has 3 nitrogen and oxygen atoms in total. The largest absolute Gasteiger partial charge is 0.506 e. The molecule has 0 aliphatic heterocycles. The van der Waals surface area contributed by atoms with Gasteiger partial charge in [-0.15, -0.1) is 0 Å². The summed E-state index contributed by atoms with van der Waals surface area (Å²) in [6, 6.07) is 1.60. The van der Waals surface area contributed by atoms with E-state index in [0.717, 1.165) is 12.0 Å². The number of rotatable bonds is 16. The van der Waals surface area contributed by atoms with Gasteiger partial charge in [0.25, 0.3) is 0 Å². The van der Waals surface area contributed by atoms with E-state index in [1.54, 1.807) is 6.07 Å². The highest BCUT2D eigenvalue weighted by atomic mass is 35.5. The van der Waals surface area contributed by atoms with Gasteiger partial charge in [0.05, 0.1) is 17.3 Å². The van der Waals surface area contributed by atoms with Crippen molar-refractivity contribution in [3.63, 3.8) is 0 Å². The van der Waals surface area contributed by atoms with Crippen LogP contribution < -0.4 is 10.5 Å². The van der Waals surface area contributed by atoms with Crippen LogP contribution in [0.1, 0.15) is 123 Å². The fourth-order valence-electron chi connectivity index (χ4n) is 3.92. The van der Waals surface area contributed by atoms with Gasteiger partial charge in [-0.05, 0) is 11.8 Å². The zero-order chi connectivity index (χ0) is 22.4. The second kappa shape index (κ2) is 14.8. The lowest BCUT2D eigenvalue weighted by atomic mass is 9.85. The van der Waals surface area contributed by atoms with Crippen LogP contribution >= 0.6 is 11.6 Å². The Morgan fingerprint density at radius 1 is 0.833 bits per heavy atom. The summed E-state index contributed by atoms with van der Waals surface area (Å²) in [6.07, 6.45) is 18.7. The van der Waals surface area contributed by atoms with Gasteiger partial charge in [0.2, 0.25) is 0 Å². The molecule has 174 valence electrons. The molecule has 0 saturated heterocycles. The van der Waals surface area contributed by atoms with Crippen molar-refractivity contribution in [3.05, 3.63) is 16.7 Å². The van der Waals surface area contributed by atoms with E-state index in [9.17, 15) is 5.11 Å². The smallest absolute Gasteiger partial charge is 0.143 e. The molecule has 0 radical (unpaired) electrons. The van der Waals surface area contributed by atoms with Gasteiger partial charge < -0.3 is 15.6 Å². The van der Waals surface area contributed by atoms with Crippen molar-refractivity contribution in [1.82, 2.24) is 0 Å². The van der Waals surface area contributed by atoms with Crippen LogP contribution in [0.5, 0.6) is 11.5 Å². The predicted octanol–water partition coefficient (Wildman–Crippen LogP) is 8.79. The molecule has 0 spiro atoms. The van der Waals surface area contributed by atoms with E-state index in [1.165, 1.54) is 83.5 Å². The van der Waals surface area contributed by atoms with Crippen molar-refractivity contribution in [3.8, 4) is 11.5 Å². The van der Waals surface area contributed by atoms with Crippen molar-refractivity contribution in [1.29, 1.82) is 0 Å². The van der Waals surface area contributed by atoms with E-state index in [0.29, 0.717) is 17.4 Å². The topological polar surface area (TPSA) is 55.5 Å². The van der Waals surface area contributed by atoms with Crippen molar-refractivity contribution in [2.24, 2.45) is 0 Å². The predicted molar refractivity (Wildman–Crippen MR) is 132 cm³/mol. The highest BCUT2D eigenvalue weighted by molar-refractivity contribution is 6.34. The van der Waals surface area contributed by atoms with Crippen LogP contribution in [0.4, 0.5) is 5.69 Å². The first-order valence-corrected chi connectivity index (χ1v) is 12.6. The van der Waals surface area contributed by atoms with Gasteiger partial charge in [-0.1, -0.05) is 123 Å². The van der Waals surface area contributed by atoms with Crippen LogP contribution in [0.3, 0.4) is 0 Å². The molecule has 3 N–H and O–H groups in total. The average Bonchev–Trinajstić information content (AvgIpc) is 2.68. The highest BCUT2D eigenvalue weighted by Crippen LogP contribution is 2.44. The van der Waals surface area contributed by atoms with Crippen molar-refractivity contribution in [2.75, 3.05) is 12.3 Å². The minimum absolute atomic E-state index is 0.0102. The molecule has 4 heteroatoms. The number of hydrogen-bond donors (Lipinski definition) is 2. The van der Waals surface area contributed by atoms with Gasteiger partial charge in [-0.2, -0.15) is 0 Å². The molecule has 0 unspecified atom stereocenters. The summed E-state index contributed by atoms with van der Waals surface area (Å²) in [5, 5.41) is 10.4. The lowest BCUT2D eigenvalue weighted by Crippen LogP contribution is -2.15. The molecule has 0 saturated carbocycles. The number of phenolic OH excluding ortho intramolecular Hbond substituents is 1. The Balaban J connectivity index is 2.14. The average molecular weight is 440 g/mol. The summed E-state index contributed by atoms with van der Waals surface area (Å²) >= 11 is 6.39. The first-order valence-electron chi connectivity index (χ1n) is 12.2. The van der Waals surface area contributed by atoms with Gasteiger partial charge in [-0.25, -0.2) is 0 Å². The van der Waals surface area contributed by atoms with E-state index in [4.69, 9.17) is 22.1 Å². The van der Waals surface area contributed by atoms with Gasteiger partial charge in [0.15, 0.2) is 0 Å². The zero-order valence-corrected chi connectivity index (χ0v) is 20.8. The Bertz CT molecular complexity index is 596. The number of anilines is 1. The summed E-state index contributed by atoms with van der Waals surface area (Å²) in [4.78, 5) is 0. The van der Waals surface area contributed by atoms with Crippen molar-refractivity contribution < 1.29 is 9.84 Å². The summed E-state index contributed by atoms with van der Waals surface area (Å²) in [5.74, 6) is 0.637. The second-order valence-corrected chi connectivity index (χ2v) is 10.1. The maximum Gasteiger partial charge on any atom is 0.143 e. The number of nitrogen functional groups attached to an aromatic ring is 1. The van der Waals surface area contributed by atoms with Crippen LogP contribution in [-0.4, -0.2) is 11.7 Å². The first kappa shape index (κ1) is 26.9. The zero-order valence-electron chi connectivity index (χ0n) is 20.0. The molecule has 0 atom stereocenters. The summed E-state index contributed by atoms with van der Waals surface area (Å²) in [7, 11) is 0. The molecule has 0 amide bonds. The van der Waals surface area contributed by atoms with E-state index < -0.39 is 0 Å². The number of aromatic hydroxyl groups is 1. The Morgan fingerprint density at radius 3 is 1.70 bits per heavy atom. The molecular formula is C26H46ClNO2. The molecule has 1 rings (SSSR count). The van der Waals surface area contributed by atoms with Crippen LogP contribution in [-0.2, 0) is 5.41 Å². The minimum Gasteiger partial charge on any atom is -0.506 e. The Labute approximate surface area is 190 Å². The third-order valence-corrected chi connectivity index (χ3v) is 6.14. The fraction of sp³-hybridized carbons (Fsp3) is 0.769. The summed E-state index contributed by atoms with van der Waals surface area (Å²) < 4.78 is 5.99. The SMILES string of the molecule is CCCCCCCCCCCCCCCCOc1cc(O)c(N)c(Cl)c1C(C)(C)C. The summed E-state index contributed by atoms with van der Waals surface area (Å²) in [5.41, 5.74) is 6.78. The monoisotopic (exact) mass is 439 g/mol. The van der Waals surface area contributed by atoms with Crippen LogP contribution in [0, 0.1) is 0 Å². The number of unbranched alkanes of at least 4 members (excludes halogenated alkanes) is 13. The Morgan fingerprint density at radius 2 is 1.27 bits per heavy atom. The van der Waals surface area contributed by atoms with Crippen molar-refractivity contribution >= 4 is 17.3 Å². The van der Waals surface area contributed by atoms with Gasteiger partial charge in [-0.3, -0.25) is 0 Å². The molecule has 1 aromatic rings. The number of halogens is 1. The van der Waals surface area contributed by atoms with Crippen LogP contribution in [0.15, 0.2) is 6.07 Å². The number of phenols is 1. The second-order valence-electron chi connectivity index (χ2n) is 9.69. The highest BCUT2D eigenvalue weighted by Gasteiger charge is 2.26. The molecule has 0 fully saturated rings. The number of hydrogen-bond acceptors (Lipinski definition) is 3. The van der Waals surface area contributed by atoms with Crippen molar-refractivity contribution in [2.45, 2.75) is 123 Å². The molecular weight excluding hydrogens is 394 g/mol. The van der Waals surface area contributed by atoms with Gasteiger partial charge >= 0.3 is 0 Å². The van der Waals surface area contributed by atoms with Gasteiger partial charge in [0, 0.05) is 11.6 Å². The normalized spacial score (nSPS) is 11.8. The minimum atomic E-state index is -0.205.